The summed E-state index contributed by atoms with van der Waals surface area (Å²) in [5.74, 6) is 0. The van der Waals surface area contributed by atoms with Crippen molar-refractivity contribution in [2.45, 2.75) is 45.6 Å². The summed E-state index contributed by atoms with van der Waals surface area (Å²) in [6, 6.07) is 0. The Hall–Kier alpha value is -0.590. The highest BCUT2D eigenvalue weighted by Crippen LogP contribution is 2.29. The van der Waals surface area contributed by atoms with Gasteiger partial charge in [-0.15, -0.1) is 11.3 Å². The number of nitrogens with zero attached hydrogens (tertiary/aromatic N) is 1. The fraction of sp³-hybridized carbons (Fsp3) is 0.750. The number of hydrogen-bond acceptors (Lipinski definition) is 4. The van der Waals surface area contributed by atoms with Crippen LogP contribution in [-0.2, 0) is 23.1 Å². The van der Waals surface area contributed by atoms with E-state index < -0.39 is 13.0 Å². The average Bonchev–Trinajstić information content (AvgIpc) is 2.67. The van der Waals surface area contributed by atoms with E-state index in [1.165, 1.54) is 0 Å². The molecule has 1 rings (SSSR count). The molecule has 1 aromatic heterocycles. The lowest BCUT2D eigenvalue weighted by Gasteiger charge is -2.16. The predicted octanol–water partition coefficient (Wildman–Crippen LogP) is 2.72. The maximum absolute atomic E-state index is 11.9. The number of hydrogen-bond donors (Lipinski definition) is 1. The van der Waals surface area contributed by atoms with E-state index in [1.54, 1.807) is 11.3 Å². The summed E-state index contributed by atoms with van der Waals surface area (Å²) in [5.41, 5.74) is 6.65. The largest absolute Gasteiger partial charge is 0.375 e. The Morgan fingerprint density at radius 1 is 1.39 bits per heavy atom. The van der Waals surface area contributed by atoms with Crippen LogP contribution >= 0.6 is 11.3 Å². The van der Waals surface area contributed by atoms with Crippen LogP contribution in [0.3, 0.4) is 0 Å². The highest BCUT2D eigenvalue weighted by atomic mass is 32.1. The first-order valence-corrected chi connectivity index (χ1v) is 6.71. The zero-order valence-electron chi connectivity index (χ0n) is 11.0. The molecule has 0 aliphatic rings. The molecule has 0 aliphatic carbocycles. The molecule has 0 radical (unpaired) electrons. The Balaban J connectivity index is 2.60. The maximum atomic E-state index is 11.9. The minimum Gasteiger partial charge on any atom is -0.375 e. The minimum atomic E-state index is -2.41. The zero-order chi connectivity index (χ0) is 13.8. The van der Waals surface area contributed by atoms with Crippen LogP contribution in [0.15, 0.2) is 0 Å². The molecule has 0 fully saturated rings. The minimum absolute atomic E-state index is 0.0483. The van der Waals surface area contributed by atoms with Crippen molar-refractivity contribution in [1.82, 2.24) is 4.98 Å². The van der Waals surface area contributed by atoms with Gasteiger partial charge in [-0.3, -0.25) is 0 Å². The second kappa shape index (κ2) is 6.54. The molecule has 2 N–H and O–H groups in total. The van der Waals surface area contributed by atoms with Crippen molar-refractivity contribution < 1.29 is 13.5 Å². The molecule has 0 saturated carbocycles. The molecular formula is C12H20F2N2OS. The number of rotatable bonds is 6. The van der Waals surface area contributed by atoms with Gasteiger partial charge in [-0.25, -0.2) is 13.8 Å². The first-order chi connectivity index (χ1) is 8.34. The van der Waals surface area contributed by atoms with Crippen molar-refractivity contribution in [2.75, 3.05) is 13.2 Å². The summed E-state index contributed by atoms with van der Waals surface area (Å²) in [5, 5.41) is 0.898. The van der Waals surface area contributed by atoms with Gasteiger partial charge in [-0.2, -0.15) is 0 Å². The summed E-state index contributed by atoms with van der Waals surface area (Å²) < 4.78 is 28.6. The highest BCUT2D eigenvalue weighted by Gasteiger charge is 2.22. The smallest absolute Gasteiger partial charge is 0.261 e. The molecule has 0 aromatic carbocycles. The first kappa shape index (κ1) is 15.5. The van der Waals surface area contributed by atoms with E-state index in [0.717, 1.165) is 15.6 Å². The number of alkyl halides is 2. The normalized spacial score (nSPS) is 12.4. The van der Waals surface area contributed by atoms with Gasteiger partial charge in [0.25, 0.3) is 6.43 Å². The Bertz CT molecular complexity index is 375. The van der Waals surface area contributed by atoms with E-state index in [-0.39, 0.29) is 12.0 Å². The second-order valence-corrected chi connectivity index (χ2v) is 6.22. The lowest BCUT2D eigenvalue weighted by Crippen LogP contribution is -2.15. The number of thiazole rings is 1. The molecule has 0 unspecified atom stereocenters. The molecule has 0 bridgehead atoms. The van der Waals surface area contributed by atoms with E-state index in [9.17, 15) is 8.78 Å². The Kier molecular flexibility index (Phi) is 5.62. The zero-order valence-corrected chi connectivity index (χ0v) is 11.8. The molecule has 0 spiro atoms. The standard InChI is InChI=1S/C12H20F2N2OS/c1-12(2,3)11-8(6-15)18-10(16-11)4-5-17-7-9(13)14/h9H,4-7,15H2,1-3H3. The molecule has 104 valence electrons. The van der Waals surface area contributed by atoms with Crippen LogP contribution in [0.5, 0.6) is 0 Å². The molecule has 1 aromatic rings. The van der Waals surface area contributed by atoms with Gasteiger partial charge in [-0.1, -0.05) is 20.8 Å². The quantitative estimate of drug-likeness (QED) is 0.814. The first-order valence-electron chi connectivity index (χ1n) is 5.89. The van der Waals surface area contributed by atoms with Crippen molar-refractivity contribution in [1.29, 1.82) is 0 Å². The summed E-state index contributed by atoms with van der Waals surface area (Å²) >= 11 is 1.54. The summed E-state index contributed by atoms with van der Waals surface area (Å²) in [4.78, 5) is 5.60. The highest BCUT2D eigenvalue weighted by molar-refractivity contribution is 7.11. The summed E-state index contributed by atoms with van der Waals surface area (Å²) in [6.45, 7) is 6.46. The van der Waals surface area contributed by atoms with Crippen LogP contribution in [0.1, 0.15) is 36.3 Å². The van der Waals surface area contributed by atoms with E-state index in [4.69, 9.17) is 10.5 Å². The van der Waals surface area contributed by atoms with Gasteiger partial charge in [-0.05, 0) is 0 Å². The van der Waals surface area contributed by atoms with E-state index >= 15 is 0 Å². The van der Waals surface area contributed by atoms with E-state index in [2.05, 4.69) is 25.8 Å². The van der Waals surface area contributed by atoms with Gasteiger partial charge in [0.05, 0.1) is 17.3 Å². The van der Waals surface area contributed by atoms with Crippen molar-refractivity contribution >= 4 is 11.3 Å². The van der Waals surface area contributed by atoms with Crippen LogP contribution in [0.4, 0.5) is 8.78 Å². The number of halogens is 2. The average molecular weight is 278 g/mol. The fourth-order valence-corrected chi connectivity index (χ4v) is 2.70. The van der Waals surface area contributed by atoms with E-state index in [0.29, 0.717) is 13.0 Å². The van der Waals surface area contributed by atoms with Gasteiger partial charge in [0, 0.05) is 23.3 Å². The molecule has 0 amide bonds. The van der Waals surface area contributed by atoms with E-state index in [1.807, 2.05) is 0 Å². The summed E-state index contributed by atoms with van der Waals surface area (Å²) in [7, 11) is 0. The molecule has 6 heteroatoms. The summed E-state index contributed by atoms with van der Waals surface area (Å²) in [6.07, 6.45) is -1.86. The van der Waals surface area contributed by atoms with Crippen LogP contribution in [-0.4, -0.2) is 24.6 Å². The fourth-order valence-electron chi connectivity index (χ4n) is 1.56. The topological polar surface area (TPSA) is 48.1 Å². The predicted molar refractivity (Wildman–Crippen MR) is 69.2 cm³/mol. The lowest BCUT2D eigenvalue weighted by atomic mass is 9.91. The monoisotopic (exact) mass is 278 g/mol. The van der Waals surface area contributed by atoms with Gasteiger partial charge in [0.15, 0.2) is 0 Å². The van der Waals surface area contributed by atoms with Crippen LogP contribution in [0.2, 0.25) is 0 Å². The Morgan fingerprint density at radius 3 is 2.50 bits per heavy atom. The molecule has 18 heavy (non-hydrogen) atoms. The second-order valence-electron chi connectivity index (χ2n) is 5.05. The number of nitrogens with two attached hydrogens (primary N) is 1. The number of aromatic nitrogens is 1. The van der Waals surface area contributed by atoms with Gasteiger partial charge < -0.3 is 10.5 Å². The van der Waals surface area contributed by atoms with Gasteiger partial charge >= 0.3 is 0 Å². The van der Waals surface area contributed by atoms with Crippen molar-refractivity contribution in [3.8, 4) is 0 Å². The lowest BCUT2D eigenvalue weighted by molar-refractivity contribution is 0.0187. The number of ether oxygens (including phenoxy) is 1. The maximum Gasteiger partial charge on any atom is 0.261 e. The van der Waals surface area contributed by atoms with Gasteiger partial charge in [0.1, 0.15) is 6.61 Å². The third-order valence-electron chi connectivity index (χ3n) is 2.34. The third-order valence-corrected chi connectivity index (χ3v) is 3.48. The molecular weight excluding hydrogens is 258 g/mol. The molecule has 1 heterocycles. The molecule has 0 atom stereocenters. The molecule has 3 nitrogen and oxygen atoms in total. The SMILES string of the molecule is CC(C)(C)c1nc(CCOCC(F)F)sc1CN. The van der Waals surface area contributed by atoms with Crippen molar-refractivity contribution in [3.05, 3.63) is 15.6 Å². The third kappa shape index (κ3) is 4.59. The van der Waals surface area contributed by atoms with Crippen LogP contribution in [0.25, 0.3) is 0 Å². The Morgan fingerprint density at radius 2 is 2.06 bits per heavy atom. The van der Waals surface area contributed by atoms with Gasteiger partial charge in [0.2, 0.25) is 0 Å². The van der Waals surface area contributed by atoms with Crippen LogP contribution < -0.4 is 5.73 Å². The molecule has 0 saturated heterocycles. The van der Waals surface area contributed by atoms with Crippen molar-refractivity contribution in [2.24, 2.45) is 5.73 Å². The molecule has 0 aliphatic heterocycles. The van der Waals surface area contributed by atoms with Crippen molar-refractivity contribution in [3.63, 3.8) is 0 Å². The van der Waals surface area contributed by atoms with Crippen LogP contribution in [0, 0.1) is 0 Å². The Labute approximate surface area is 110 Å².